The van der Waals surface area contributed by atoms with Gasteiger partial charge in [0, 0.05) is 13.3 Å². The Morgan fingerprint density at radius 1 is 1.37 bits per heavy atom. The Balaban J connectivity index is 3.03. The Hall–Kier alpha value is -1.89. The number of hydrogen-bond acceptors (Lipinski definition) is 8. The summed E-state index contributed by atoms with van der Waals surface area (Å²) in [6.07, 6.45) is -8.16. The number of ether oxygens (including phenoxy) is 2. The van der Waals surface area contributed by atoms with Gasteiger partial charge < -0.3 is 35.8 Å². The molecule has 12 heteroatoms. The van der Waals surface area contributed by atoms with Gasteiger partial charge in [0.1, 0.15) is 24.9 Å². The summed E-state index contributed by atoms with van der Waals surface area (Å²) in [6, 6.07) is -3.46. The number of nitrogens with two attached hydrogens (primary N) is 1. The number of aliphatic hydroxyl groups is 2. The molecule has 1 aliphatic rings. The number of carbonyl (C=O) groups is 3. The van der Waals surface area contributed by atoms with Crippen LogP contribution in [0.15, 0.2) is 0 Å². The largest absolute Gasteiger partial charge is 0.477 e. The van der Waals surface area contributed by atoms with Gasteiger partial charge >= 0.3 is 17.8 Å². The van der Waals surface area contributed by atoms with E-state index in [0.717, 1.165) is 6.92 Å². The van der Waals surface area contributed by atoms with Crippen LogP contribution < -0.4 is 11.1 Å². The Morgan fingerprint density at radius 3 is 2.44 bits per heavy atom. The lowest BCUT2D eigenvalue weighted by atomic mass is 9.86. The van der Waals surface area contributed by atoms with Crippen LogP contribution in [0.1, 0.15) is 26.7 Å². The first-order chi connectivity index (χ1) is 12.5. The Kier molecular flexibility index (Phi) is 8.02. The average Bonchev–Trinajstić information content (AvgIpc) is 2.59. The smallest absolute Gasteiger partial charge is 0.372 e. The highest BCUT2D eigenvalue weighted by atomic mass is 19.2. The molecular formula is C15H24F2N2O8. The lowest BCUT2D eigenvalue weighted by Crippen LogP contribution is -2.73. The fourth-order valence-electron chi connectivity index (χ4n) is 2.62. The number of alkyl halides is 2. The summed E-state index contributed by atoms with van der Waals surface area (Å²) in [5.74, 6) is -7.64. The van der Waals surface area contributed by atoms with E-state index >= 15 is 0 Å². The molecule has 5 unspecified atom stereocenters. The summed E-state index contributed by atoms with van der Waals surface area (Å²) < 4.78 is 37.9. The normalized spacial score (nSPS) is 33.0. The minimum atomic E-state index is -3.90. The van der Waals surface area contributed by atoms with Crippen molar-refractivity contribution in [3.8, 4) is 0 Å². The molecular weight excluding hydrogens is 374 g/mol. The molecule has 1 fully saturated rings. The number of hydrogen-bond donors (Lipinski definition) is 5. The predicted molar refractivity (Wildman–Crippen MR) is 84.7 cm³/mol. The quantitative estimate of drug-likeness (QED) is 0.301. The molecule has 1 heterocycles. The lowest BCUT2D eigenvalue weighted by molar-refractivity contribution is -0.276. The molecule has 0 bridgehead atoms. The number of amides is 1. The van der Waals surface area contributed by atoms with Crippen molar-refractivity contribution in [1.29, 1.82) is 0 Å². The van der Waals surface area contributed by atoms with Gasteiger partial charge in [0.2, 0.25) is 5.91 Å². The van der Waals surface area contributed by atoms with Crippen molar-refractivity contribution in [2.24, 2.45) is 5.73 Å². The molecule has 1 saturated heterocycles. The fourth-order valence-corrected chi connectivity index (χ4v) is 2.62. The second-order valence-electron chi connectivity index (χ2n) is 6.23. The van der Waals surface area contributed by atoms with Crippen molar-refractivity contribution < 1.29 is 48.0 Å². The van der Waals surface area contributed by atoms with E-state index in [9.17, 15) is 33.4 Å². The van der Waals surface area contributed by atoms with Gasteiger partial charge in [-0.25, -0.2) is 9.18 Å². The number of carbonyl (C=O) groups excluding carboxylic acids is 2. The van der Waals surface area contributed by atoms with E-state index in [4.69, 9.17) is 15.6 Å². The topological polar surface area (TPSA) is 168 Å². The molecule has 6 N–H and O–H groups in total. The maximum Gasteiger partial charge on any atom is 0.372 e. The molecule has 0 radical (unpaired) electrons. The van der Waals surface area contributed by atoms with Gasteiger partial charge in [0.05, 0.1) is 12.1 Å². The third kappa shape index (κ3) is 5.31. The highest BCUT2D eigenvalue weighted by Crippen LogP contribution is 2.35. The van der Waals surface area contributed by atoms with Crippen molar-refractivity contribution in [3.05, 3.63) is 0 Å². The zero-order valence-corrected chi connectivity index (χ0v) is 14.8. The van der Waals surface area contributed by atoms with E-state index in [-0.39, 0.29) is 6.42 Å². The molecule has 1 rings (SSSR count). The van der Waals surface area contributed by atoms with E-state index in [0.29, 0.717) is 6.42 Å². The summed E-state index contributed by atoms with van der Waals surface area (Å²) in [5, 5.41) is 31.3. The first-order valence-corrected chi connectivity index (χ1v) is 8.24. The monoisotopic (exact) mass is 398 g/mol. The molecule has 1 amide bonds. The van der Waals surface area contributed by atoms with Crippen LogP contribution >= 0.6 is 0 Å². The maximum absolute atomic E-state index is 14.5. The van der Waals surface area contributed by atoms with Gasteiger partial charge in [-0.15, -0.1) is 0 Å². The predicted octanol–water partition coefficient (Wildman–Crippen LogP) is -1.63. The van der Waals surface area contributed by atoms with Crippen molar-refractivity contribution in [1.82, 2.24) is 5.32 Å². The molecule has 10 nitrogen and oxygen atoms in total. The summed E-state index contributed by atoms with van der Waals surface area (Å²) in [5.41, 5.74) is 5.52. The second-order valence-corrected chi connectivity index (χ2v) is 6.23. The Bertz CT molecular complexity index is 566. The van der Waals surface area contributed by atoms with Gasteiger partial charge in [-0.05, 0) is 6.42 Å². The van der Waals surface area contributed by atoms with Crippen LogP contribution in [-0.2, 0) is 23.9 Å². The van der Waals surface area contributed by atoms with Crippen molar-refractivity contribution in [3.63, 3.8) is 0 Å². The maximum atomic E-state index is 14.5. The van der Waals surface area contributed by atoms with Gasteiger partial charge in [0.15, 0.2) is 6.17 Å². The summed E-state index contributed by atoms with van der Waals surface area (Å²) in [6.45, 7) is 2.02. The van der Waals surface area contributed by atoms with Crippen molar-refractivity contribution in [2.75, 3.05) is 6.61 Å². The number of carboxylic acid groups (broad SMARTS) is 1. The van der Waals surface area contributed by atoms with Crippen LogP contribution in [0.25, 0.3) is 0 Å². The molecule has 0 aromatic heterocycles. The molecule has 0 aliphatic carbocycles. The Morgan fingerprint density at radius 2 is 1.96 bits per heavy atom. The van der Waals surface area contributed by atoms with Gasteiger partial charge in [-0.1, -0.05) is 6.92 Å². The third-order valence-corrected chi connectivity index (χ3v) is 4.03. The highest BCUT2D eigenvalue weighted by Gasteiger charge is 2.62. The molecule has 156 valence electrons. The van der Waals surface area contributed by atoms with Crippen LogP contribution in [-0.4, -0.2) is 82.2 Å². The molecule has 0 spiro atoms. The van der Waals surface area contributed by atoms with E-state index in [2.05, 4.69) is 10.1 Å². The molecule has 0 saturated carbocycles. The standard InChI is InChI=1S/C15H24F2N2O8/c1-3-4-8(22)26-5-7(21)11(23)12-10(19-6(2)20)9(18)13(16)15(17,27-12)14(24)25/h7,9-13,21,23H,3-5,18H2,1-2H3,(H,19,20)(H,24,25)/t7-,9?,10?,11-,12?,13?,15?/m1/s1. The fraction of sp³-hybridized carbons (Fsp3) is 0.800. The molecule has 0 aromatic carbocycles. The number of rotatable bonds is 8. The third-order valence-electron chi connectivity index (χ3n) is 4.03. The summed E-state index contributed by atoms with van der Waals surface area (Å²) in [7, 11) is 0. The van der Waals surface area contributed by atoms with Crippen LogP contribution in [0.2, 0.25) is 0 Å². The first kappa shape index (κ1) is 23.1. The minimum absolute atomic E-state index is 0.0538. The van der Waals surface area contributed by atoms with Gasteiger partial charge in [0.25, 0.3) is 0 Å². The lowest BCUT2D eigenvalue weighted by Gasteiger charge is -2.45. The highest BCUT2D eigenvalue weighted by molar-refractivity contribution is 5.77. The van der Waals surface area contributed by atoms with Crippen molar-refractivity contribution >= 4 is 17.8 Å². The van der Waals surface area contributed by atoms with Gasteiger partial charge in [-0.3, -0.25) is 9.59 Å². The average molecular weight is 398 g/mol. The number of aliphatic carboxylic acids is 1. The zero-order chi connectivity index (χ0) is 20.9. The SMILES string of the molecule is CCCC(=O)OC[C@@H](O)[C@@H](O)C1OC(F)(C(=O)O)C(F)C(N)C1NC(C)=O. The summed E-state index contributed by atoms with van der Waals surface area (Å²) >= 11 is 0. The van der Waals surface area contributed by atoms with Crippen molar-refractivity contribution in [2.45, 2.75) is 69.1 Å². The van der Waals surface area contributed by atoms with Crippen LogP contribution in [0.4, 0.5) is 8.78 Å². The van der Waals surface area contributed by atoms with E-state index in [1.54, 1.807) is 6.92 Å². The zero-order valence-electron chi connectivity index (χ0n) is 14.8. The second kappa shape index (κ2) is 9.35. The van der Waals surface area contributed by atoms with Crippen LogP contribution in [0, 0.1) is 0 Å². The Labute approximate surface area is 153 Å². The number of esters is 1. The number of nitrogens with one attached hydrogen (secondary N) is 1. The summed E-state index contributed by atoms with van der Waals surface area (Å²) in [4.78, 5) is 33.7. The van der Waals surface area contributed by atoms with E-state index < -0.39 is 66.9 Å². The molecule has 27 heavy (non-hydrogen) atoms. The first-order valence-electron chi connectivity index (χ1n) is 8.24. The molecule has 7 atom stereocenters. The number of halogens is 2. The number of carboxylic acids is 1. The van der Waals surface area contributed by atoms with Crippen LogP contribution in [0.3, 0.4) is 0 Å². The van der Waals surface area contributed by atoms with E-state index in [1.165, 1.54) is 0 Å². The van der Waals surface area contributed by atoms with Gasteiger partial charge in [-0.2, -0.15) is 4.39 Å². The minimum Gasteiger partial charge on any atom is -0.477 e. The molecule has 1 aliphatic heterocycles. The molecule has 0 aromatic rings. The number of aliphatic hydroxyl groups excluding tert-OH is 2. The van der Waals surface area contributed by atoms with E-state index in [1.807, 2.05) is 0 Å². The van der Waals surface area contributed by atoms with Crippen LogP contribution in [0.5, 0.6) is 0 Å².